The topological polar surface area (TPSA) is 20.2 Å². The largest absolute Gasteiger partial charge is 0.387 e. The Labute approximate surface area is 102 Å². The maximum Gasteiger partial charge on any atom is 0.248 e. The Hall–Kier alpha value is -0.190. The van der Waals surface area contributed by atoms with Crippen molar-refractivity contribution in [3.05, 3.63) is 21.3 Å². The first-order valence-corrected chi connectivity index (χ1v) is 6.54. The Bertz CT molecular complexity index is 357. The van der Waals surface area contributed by atoms with Crippen LogP contribution in [0.4, 0.5) is 8.78 Å². The van der Waals surface area contributed by atoms with Crippen molar-refractivity contribution in [2.24, 2.45) is 5.92 Å². The van der Waals surface area contributed by atoms with Crippen LogP contribution in [0.1, 0.15) is 36.7 Å². The fourth-order valence-corrected chi connectivity index (χ4v) is 3.36. The lowest BCUT2D eigenvalue weighted by Gasteiger charge is -2.31. The van der Waals surface area contributed by atoms with Gasteiger partial charge >= 0.3 is 0 Å². The van der Waals surface area contributed by atoms with Gasteiger partial charge in [-0.3, -0.25) is 0 Å². The van der Waals surface area contributed by atoms with Crippen molar-refractivity contribution in [1.82, 2.24) is 0 Å². The van der Waals surface area contributed by atoms with Gasteiger partial charge in [-0.15, -0.1) is 11.3 Å². The molecule has 2 rings (SSSR count). The number of halogens is 3. The minimum atomic E-state index is -2.55. The van der Waals surface area contributed by atoms with Gasteiger partial charge in [0.25, 0.3) is 0 Å². The van der Waals surface area contributed by atoms with Crippen LogP contribution in [0.15, 0.2) is 11.4 Å². The van der Waals surface area contributed by atoms with Gasteiger partial charge in [-0.25, -0.2) is 8.78 Å². The van der Waals surface area contributed by atoms with Gasteiger partial charge in [0.1, 0.15) is 0 Å². The number of thiophene rings is 1. The molecule has 1 fully saturated rings. The van der Waals surface area contributed by atoms with Crippen molar-refractivity contribution in [2.45, 2.75) is 37.7 Å². The molecule has 1 nitrogen and oxygen atoms in total. The fourth-order valence-electron chi connectivity index (χ4n) is 2.11. The third-order valence-electron chi connectivity index (χ3n) is 3.12. The summed E-state index contributed by atoms with van der Waals surface area (Å²) >= 11 is 7.29. The predicted octanol–water partition coefficient (Wildman–Crippen LogP) is 4.26. The average molecular weight is 267 g/mol. The van der Waals surface area contributed by atoms with E-state index in [1.807, 2.05) is 0 Å². The Morgan fingerprint density at radius 3 is 2.56 bits per heavy atom. The maximum atomic E-state index is 13.0. The van der Waals surface area contributed by atoms with E-state index >= 15 is 0 Å². The molecule has 0 amide bonds. The van der Waals surface area contributed by atoms with Gasteiger partial charge in [-0.1, -0.05) is 11.6 Å². The molecular formula is C11H13ClF2OS. The highest BCUT2D eigenvalue weighted by atomic mass is 35.5. The molecular weight excluding hydrogens is 254 g/mol. The SMILES string of the molecule is OC(c1sccc1Cl)C1CCC(F)(F)CC1. The van der Waals surface area contributed by atoms with Gasteiger partial charge in [0.2, 0.25) is 5.92 Å². The quantitative estimate of drug-likeness (QED) is 0.848. The van der Waals surface area contributed by atoms with Crippen LogP contribution in [-0.2, 0) is 0 Å². The first kappa shape index (κ1) is 12.3. The van der Waals surface area contributed by atoms with E-state index in [-0.39, 0.29) is 18.8 Å². The minimum Gasteiger partial charge on any atom is -0.387 e. The van der Waals surface area contributed by atoms with Crippen LogP contribution < -0.4 is 0 Å². The molecule has 1 atom stereocenters. The number of hydrogen-bond donors (Lipinski definition) is 1. The molecule has 16 heavy (non-hydrogen) atoms. The van der Waals surface area contributed by atoms with Gasteiger partial charge in [-0.05, 0) is 30.2 Å². The van der Waals surface area contributed by atoms with E-state index in [2.05, 4.69) is 0 Å². The van der Waals surface area contributed by atoms with E-state index in [9.17, 15) is 13.9 Å². The van der Waals surface area contributed by atoms with Crippen LogP contribution in [0.3, 0.4) is 0 Å². The molecule has 1 N–H and O–H groups in total. The molecule has 1 unspecified atom stereocenters. The third-order valence-corrected chi connectivity index (χ3v) is 4.55. The molecule has 5 heteroatoms. The smallest absolute Gasteiger partial charge is 0.248 e. The van der Waals surface area contributed by atoms with E-state index < -0.39 is 12.0 Å². The second kappa shape index (κ2) is 4.59. The molecule has 0 aromatic carbocycles. The van der Waals surface area contributed by atoms with Crippen LogP contribution in [0.2, 0.25) is 5.02 Å². The molecule has 0 bridgehead atoms. The summed E-state index contributed by atoms with van der Waals surface area (Å²) in [5.74, 6) is -2.63. The highest BCUT2D eigenvalue weighted by Gasteiger charge is 2.38. The molecule has 90 valence electrons. The zero-order valence-corrected chi connectivity index (χ0v) is 10.2. The summed E-state index contributed by atoms with van der Waals surface area (Å²) in [5.41, 5.74) is 0. The first-order valence-electron chi connectivity index (χ1n) is 5.28. The van der Waals surface area contributed by atoms with Crippen molar-refractivity contribution in [1.29, 1.82) is 0 Å². The van der Waals surface area contributed by atoms with Crippen molar-refractivity contribution in [3.63, 3.8) is 0 Å². The lowest BCUT2D eigenvalue weighted by Crippen LogP contribution is -2.27. The minimum absolute atomic E-state index is 0.0872. The summed E-state index contributed by atoms with van der Waals surface area (Å²) in [4.78, 5) is 0.705. The van der Waals surface area contributed by atoms with Gasteiger partial charge in [0.15, 0.2) is 0 Å². The van der Waals surface area contributed by atoms with Crippen molar-refractivity contribution in [2.75, 3.05) is 0 Å². The maximum absolute atomic E-state index is 13.0. The second-order valence-corrected chi connectivity index (χ2v) is 5.63. The number of alkyl halides is 2. The summed E-state index contributed by atoms with van der Waals surface area (Å²) in [6.45, 7) is 0. The molecule has 0 radical (unpaired) electrons. The van der Waals surface area contributed by atoms with Gasteiger partial charge < -0.3 is 5.11 Å². The Morgan fingerprint density at radius 2 is 2.06 bits per heavy atom. The predicted molar refractivity (Wildman–Crippen MR) is 61.2 cm³/mol. The summed E-state index contributed by atoms with van der Waals surface area (Å²) < 4.78 is 25.9. The molecule has 1 aromatic heterocycles. The third kappa shape index (κ3) is 2.55. The van der Waals surface area contributed by atoms with Crippen LogP contribution in [0.5, 0.6) is 0 Å². The van der Waals surface area contributed by atoms with Crippen LogP contribution in [-0.4, -0.2) is 11.0 Å². The number of hydrogen-bond acceptors (Lipinski definition) is 2. The zero-order valence-electron chi connectivity index (χ0n) is 8.63. The van der Waals surface area contributed by atoms with E-state index in [1.54, 1.807) is 11.4 Å². The Kier molecular flexibility index (Phi) is 3.52. The molecule has 1 aromatic rings. The van der Waals surface area contributed by atoms with Gasteiger partial charge in [0.05, 0.1) is 16.0 Å². The Balaban J connectivity index is 2.02. The first-order chi connectivity index (χ1) is 7.49. The fraction of sp³-hybridized carbons (Fsp3) is 0.636. The summed E-state index contributed by atoms with van der Waals surface area (Å²) in [5, 5.41) is 12.4. The van der Waals surface area contributed by atoms with Gasteiger partial charge in [-0.2, -0.15) is 0 Å². The van der Waals surface area contributed by atoms with E-state index in [0.717, 1.165) is 0 Å². The van der Waals surface area contributed by atoms with E-state index in [0.29, 0.717) is 22.7 Å². The molecule has 0 aliphatic heterocycles. The van der Waals surface area contributed by atoms with Gasteiger partial charge in [0, 0.05) is 12.8 Å². The summed E-state index contributed by atoms with van der Waals surface area (Å²) in [6.07, 6.45) is -0.219. The molecule has 1 heterocycles. The average Bonchev–Trinajstić information content (AvgIpc) is 2.63. The number of aliphatic hydroxyl groups excluding tert-OH is 1. The summed E-state index contributed by atoms with van der Waals surface area (Å²) in [7, 11) is 0. The van der Waals surface area contributed by atoms with E-state index in [4.69, 9.17) is 11.6 Å². The molecule has 0 spiro atoms. The van der Waals surface area contributed by atoms with Crippen LogP contribution in [0, 0.1) is 5.92 Å². The Morgan fingerprint density at radius 1 is 1.44 bits per heavy atom. The molecule has 1 saturated carbocycles. The number of rotatable bonds is 2. The second-order valence-electron chi connectivity index (χ2n) is 4.27. The lowest BCUT2D eigenvalue weighted by atomic mass is 9.83. The normalized spacial score (nSPS) is 23.2. The lowest BCUT2D eigenvalue weighted by molar-refractivity contribution is -0.0622. The highest BCUT2D eigenvalue weighted by Crippen LogP contribution is 2.43. The summed E-state index contributed by atoms with van der Waals surface area (Å²) in [6, 6.07) is 1.72. The molecule has 1 aliphatic carbocycles. The van der Waals surface area contributed by atoms with Crippen LogP contribution in [0.25, 0.3) is 0 Å². The van der Waals surface area contributed by atoms with E-state index in [1.165, 1.54) is 11.3 Å². The standard InChI is InChI=1S/C11H13ClF2OS/c12-8-3-6-16-10(8)9(15)7-1-4-11(13,14)5-2-7/h3,6-7,9,15H,1-2,4-5H2. The molecule has 0 saturated heterocycles. The van der Waals surface area contributed by atoms with Crippen LogP contribution >= 0.6 is 22.9 Å². The molecule has 1 aliphatic rings. The van der Waals surface area contributed by atoms with Crippen molar-refractivity contribution >= 4 is 22.9 Å². The number of aliphatic hydroxyl groups is 1. The van der Waals surface area contributed by atoms with Crippen molar-refractivity contribution < 1.29 is 13.9 Å². The highest BCUT2D eigenvalue weighted by molar-refractivity contribution is 7.10. The zero-order chi connectivity index (χ0) is 11.8. The monoisotopic (exact) mass is 266 g/mol. The van der Waals surface area contributed by atoms with Crippen molar-refractivity contribution in [3.8, 4) is 0 Å².